The number of imidazole rings is 1. The highest BCUT2D eigenvalue weighted by molar-refractivity contribution is 5.97. The van der Waals surface area contributed by atoms with Gasteiger partial charge in [-0.15, -0.1) is 5.12 Å². The summed E-state index contributed by atoms with van der Waals surface area (Å²) in [6, 6.07) is 0.409. The second-order valence-corrected chi connectivity index (χ2v) is 5.52. The van der Waals surface area contributed by atoms with Crippen molar-refractivity contribution in [3.05, 3.63) is 17.5 Å². The Hall–Kier alpha value is -1.75. The summed E-state index contributed by atoms with van der Waals surface area (Å²) >= 11 is 0. The normalized spacial score (nSPS) is 15.9. The number of nitrogens with one attached hydrogen (secondary N) is 1. The van der Waals surface area contributed by atoms with Crippen LogP contribution in [0.3, 0.4) is 0 Å². The molecule has 1 aromatic heterocycles. The zero-order valence-electron chi connectivity index (χ0n) is 12.4. The van der Waals surface area contributed by atoms with Crippen molar-refractivity contribution in [1.29, 1.82) is 0 Å². The number of aryl methyl sites for hydroxylation is 2. The number of hydrogen-bond acceptors (Lipinski definition) is 4. The molecule has 3 rings (SSSR count). The standard InChI is InChI=1S/C14H21N5/c1-8(2)19-14-10(4)12-11(15-7-16-12)9(3)13(14)17(5)18(19)6/h7-8H,1-6H3,(H,15,16). The number of hydrazine groups is 2. The van der Waals surface area contributed by atoms with E-state index >= 15 is 0 Å². The molecule has 1 aliphatic rings. The van der Waals surface area contributed by atoms with Crippen molar-refractivity contribution in [3.8, 4) is 0 Å². The molecule has 0 amide bonds. The molecule has 0 spiro atoms. The number of aromatic amines is 1. The fourth-order valence-corrected chi connectivity index (χ4v) is 3.15. The molecule has 1 aromatic carbocycles. The Morgan fingerprint density at radius 2 is 1.79 bits per heavy atom. The fraction of sp³-hybridized carbons (Fsp3) is 0.500. The lowest BCUT2D eigenvalue weighted by Gasteiger charge is -2.33. The van der Waals surface area contributed by atoms with Crippen molar-refractivity contribution in [3.63, 3.8) is 0 Å². The van der Waals surface area contributed by atoms with E-state index in [1.54, 1.807) is 6.33 Å². The summed E-state index contributed by atoms with van der Waals surface area (Å²) in [5, 5.41) is 6.71. The summed E-state index contributed by atoms with van der Waals surface area (Å²) in [4.78, 5) is 7.74. The molecular weight excluding hydrogens is 238 g/mol. The summed E-state index contributed by atoms with van der Waals surface area (Å²) in [5.41, 5.74) is 7.25. The third-order valence-electron chi connectivity index (χ3n) is 4.09. The SMILES string of the molecule is Cc1c2c(c(C)c3[nH]cnc13)N(C(C)C)N(C)N2C. The van der Waals surface area contributed by atoms with E-state index in [9.17, 15) is 0 Å². The lowest BCUT2D eigenvalue weighted by molar-refractivity contribution is 0.295. The van der Waals surface area contributed by atoms with Crippen LogP contribution < -0.4 is 10.0 Å². The topological polar surface area (TPSA) is 38.4 Å². The molecule has 0 saturated heterocycles. The van der Waals surface area contributed by atoms with E-state index in [0.717, 1.165) is 11.0 Å². The number of aromatic nitrogens is 2. The van der Waals surface area contributed by atoms with Gasteiger partial charge in [-0.2, -0.15) is 0 Å². The van der Waals surface area contributed by atoms with E-state index in [1.807, 2.05) is 0 Å². The molecule has 102 valence electrons. The first kappa shape index (κ1) is 12.3. The van der Waals surface area contributed by atoms with Crippen molar-refractivity contribution < 1.29 is 0 Å². The third-order valence-corrected chi connectivity index (χ3v) is 4.09. The second-order valence-electron chi connectivity index (χ2n) is 5.52. The number of hydrogen-bond donors (Lipinski definition) is 1. The van der Waals surface area contributed by atoms with E-state index < -0.39 is 0 Å². The van der Waals surface area contributed by atoms with Gasteiger partial charge in [0.1, 0.15) is 0 Å². The smallest absolute Gasteiger partial charge is 0.0937 e. The van der Waals surface area contributed by atoms with Crippen LogP contribution in [-0.2, 0) is 0 Å². The van der Waals surface area contributed by atoms with Gasteiger partial charge in [-0.05, 0) is 27.7 Å². The predicted octanol–water partition coefficient (Wildman–Crippen LogP) is 2.61. The van der Waals surface area contributed by atoms with E-state index in [0.29, 0.717) is 6.04 Å². The number of rotatable bonds is 1. The minimum Gasteiger partial charge on any atom is -0.344 e. The molecule has 0 saturated carbocycles. The van der Waals surface area contributed by atoms with Gasteiger partial charge in [-0.3, -0.25) is 10.0 Å². The quantitative estimate of drug-likeness (QED) is 0.854. The predicted molar refractivity (Wildman–Crippen MR) is 79.3 cm³/mol. The van der Waals surface area contributed by atoms with Gasteiger partial charge >= 0.3 is 0 Å². The largest absolute Gasteiger partial charge is 0.344 e. The highest BCUT2D eigenvalue weighted by atomic mass is 15.9. The lowest BCUT2D eigenvalue weighted by Crippen LogP contribution is -2.47. The Balaban J connectivity index is 2.40. The van der Waals surface area contributed by atoms with Crippen LogP contribution in [0, 0.1) is 13.8 Å². The molecule has 5 heteroatoms. The number of H-pyrrole nitrogens is 1. The van der Waals surface area contributed by atoms with Crippen LogP contribution in [0.2, 0.25) is 0 Å². The summed E-state index contributed by atoms with van der Waals surface area (Å²) < 4.78 is 0. The van der Waals surface area contributed by atoms with Crippen molar-refractivity contribution in [2.75, 3.05) is 24.1 Å². The molecule has 2 aromatic rings. The Morgan fingerprint density at radius 3 is 2.42 bits per heavy atom. The minimum absolute atomic E-state index is 0.409. The van der Waals surface area contributed by atoms with Gasteiger partial charge in [-0.25, -0.2) is 4.98 Å². The van der Waals surface area contributed by atoms with E-state index in [4.69, 9.17) is 0 Å². The first-order valence-electron chi connectivity index (χ1n) is 6.68. The first-order valence-corrected chi connectivity index (χ1v) is 6.68. The van der Waals surface area contributed by atoms with Crippen molar-refractivity contribution >= 4 is 22.4 Å². The lowest BCUT2D eigenvalue weighted by atomic mass is 10.0. The molecule has 0 radical (unpaired) electrons. The van der Waals surface area contributed by atoms with Crippen molar-refractivity contribution in [1.82, 2.24) is 15.1 Å². The highest BCUT2D eigenvalue weighted by Crippen LogP contribution is 2.46. The van der Waals surface area contributed by atoms with Crippen LogP contribution >= 0.6 is 0 Å². The molecular formula is C14H21N5. The van der Waals surface area contributed by atoms with Gasteiger partial charge in [0.2, 0.25) is 0 Å². The minimum atomic E-state index is 0.409. The average molecular weight is 259 g/mol. The Labute approximate surface area is 113 Å². The summed E-state index contributed by atoms with van der Waals surface area (Å²) in [6.45, 7) is 8.74. The molecule has 19 heavy (non-hydrogen) atoms. The number of nitrogens with zero attached hydrogens (tertiary/aromatic N) is 4. The van der Waals surface area contributed by atoms with Gasteiger partial charge in [0, 0.05) is 31.3 Å². The Kier molecular flexibility index (Phi) is 2.50. The van der Waals surface area contributed by atoms with Gasteiger partial charge < -0.3 is 4.98 Å². The molecule has 2 heterocycles. The maximum absolute atomic E-state index is 4.47. The van der Waals surface area contributed by atoms with Crippen LogP contribution in [0.4, 0.5) is 11.4 Å². The second kappa shape index (κ2) is 3.87. The van der Waals surface area contributed by atoms with Crippen LogP contribution in [0.15, 0.2) is 6.33 Å². The van der Waals surface area contributed by atoms with E-state index in [-0.39, 0.29) is 0 Å². The van der Waals surface area contributed by atoms with Crippen LogP contribution in [0.1, 0.15) is 25.0 Å². The average Bonchev–Trinajstić information content (AvgIpc) is 2.92. The number of fused-ring (bicyclic) bond motifs is 2. The number of benzene rings is 1. The first-order chi connectivity index (χ1) is 8.95. The monoisotopic (exact) mass is 259 g/mol. The van der Waals surface area contributed by atoms with Crippen molar-refractivity contribution in [2.45, 2.75) is 33.7 Å². The van der Waals surface area contributed by atoms with E-state index in [1.165, 1.54) is 22.5 Å². The molecule has 1 N–H and O–H groups in total. The summed E-state index contributed by atoms with van der Waals surface area (Å²) in [6.07, 6.45) is 1.78. The van der Waals surface area contributed by atoms with Gasteiger partial charge in [0.05, 0.1) is 28.7 Å². The summed E-state index contributed by atoms with van der Waals surface area (Å²) in [7, 11) is 4.20. The molecule has 0 aliphatic carbocycles. The van der Waals surface area contributed by atoms with Gasteiger partial charge in [-0.1, -0.05) is 0 Å². The van der Waals surface area contributed by atoms with Crippen LogP contribution in [0.5, 0.6) is 0 Å². The molecule has 5 nitrogen and oxygen atoms in total. The maximum Gasteiger partial charge on any atom is 0.0937 e. The molecule has 0 fully saturated rings. The van der Waals surface area contributed by atoms with Gasteiger partial charge in [0.15, 0.2) is 0 Å². The molecule has 0 unspecified atom stereocenters. The van der Waals surface area contributed by atoms with Crippen LogP contribution in [-0.4, -0.2) is 35.2 Å². The highest BCUT2D eigenvalue weighted by Gasteiger charge is 2.35. The molecule has 0 atom stereocenters. The van der Waals surface area contributed by atoms with Crippen molar-refractivity contribution in [2.24, 2.45) is 0 Å². The maximum atomic E-state index is 4.47. The number of anilines is 2. The summed E-state index contributed by atoms with van der Waals surface area (Å²) in [5.74, 6) is 0. The zero-order valence-corrected chi connectivity index (χ0v) is 12.4. The fourth-order valence-electron chi connectivity index (χ4n) is 3.15. The third kappa shape index (κ3) is 1.42. The van der Waals surface area contributed by atoms with Gasteiger partial charge in [0.25, 0.3) is 0 Å². The van der Waals surface area contributed by atoms with E-state index in [2.05, 4.69) is 66.9 Å². The molecule has 1 aliphatic heterocycles. The Bertz CT molecular complexity index is 643. The zero-order chi connectivity index (χ0) is 13.9. The Morgan fingerprint density at radius 1 is 1.11 bits per heavy atom. The molecule has 0 bridgehead atoms. The van der Waals surface area contributed by atoms with Crippen LogP contribution in [0.25, 0.3) is 11.0 Å².